The lowest BCUT2D eigenvalue weighted by Gasteiger charge is -2.17. The molecule has 0 aliphatic heterocycles. The molecule has 108 valence electrons. The summed E-state index contributed by atoms with van der Waals surface area (Å²) >= 11 is 1.55. The largest absolute Gasteiger partial charge is 0.387 e. The van der Waals surface area contributed by atoms with Crippen LogP contribution in [-0.2, 0) is 0 Å². The number of aromatic amines is 1. The highest BCUT2D eigenvalue weighted by atomic mass is 32.1. The van der Waals surface area contributed by atoms with Gasteiger partial charge >= 0.3 is 0 Å². The van der Waals surface area contributed by atoms with Gasteiger partial charge in [-0.25, -0.2) is 4.98 Å². The molecule has 2 aromatic rings. The highest BCUT2D eigenvalue weighted by Gasteiger charge is 2.16. The normalized spacial score (nSPS) is 14.2. The number of thiophene rings is 1. The Labute approximate surface area is 121 Å². The van der Waals surface area contributed by atoms with E-state index in [4.69, 9.17) is 0 Å². The Morgan fingerprint density at radius 1 is 1.50 bits per heavy atom. The summed E-state index contributed by atoms with van der Waals surface area (Å²) < 4.78 is 0. The first-order valence-corrected chi connectivity index (χ1v) is 7.44. The second-order valence-electron chi connectivity index (χ2n) is 4.85. The molecule has 6 heteroatoms. The highest BCUT2D eigenvalue weighted by molar-refractivity contribution is 7.07. The molecule has 5 nitrogen and oxygen atoms in total. The van der Waals surface area contributed by atoms with Gasteiger partial charge in [-0.1, -0.05) is 0 Å². The van der Waals surface area contributed by atoms with Gasteiger partial charge in [0.2, 0.25) is 0 Å². The number of H-pyrrole nitrogens is 1. The minimum atomic E-state index is -0.568. The first-order valence-electron chi connectivity index (χ1n) is 6.50. The van der Waals surface area contributed by atoms with E-state index in [1.54, 1.807) is 18.3 Å². The van der Waals surface area contributed by atoms with Gasteiger partial charge in [-0.05, 0) is 43.2 Å². The molecule has 0 bridgehead atoms. The smallest absolute Gasteiger partial charge is 0.255 e. The summed E-state index contributed by atoms with van der Waals surface area (Å²) in [5.41, 5.74) is 2.10. The Kier molecular flexibility index (Phi) is 4.69. The molecule has 0 spiro atoms. The number of aryl methyl sites for hydroxylation is 2. The molecule has 0 aliphatic rings. The van der Waals surface area contributed by atoms with Crippen LogP contribution < -0.4 is 10.9 Å². The van der Waals surface area contributed by atoms with Gasteiger partial charge in [0.15, 0.2) is 0 Å². The second-order valence-corrected chi connectivity index (χ2v) is 5.63. The van der Waals surface area contributed by atoms with E-state index in [1.165, 1.54) is 0 Å². The molecular weight excluding hydrogens is 274 g/mol. The predicted octanol–water partition coefficient (Wildman–Crippen LogP) is 1.83. The molecule has 0 saturated carbocycles. The van der Waals surface area contributed by atoms with Crippen LogP contribution in [0.4, 0.5) is 0 Å². The summed E-state index contributed by atoms with van der Waals surface area (Å²) in [7, 11) is 0. The van der Waals surface area contributed by atoms with E-state index in [9.17, 15) is 9.90 Å². The summed E-state index contributed by atoms with van der Waals surface area (Å²) in [5, 5.41) is 17.1. The van der Waals surface area contributed by atoms with Crippen LogP contribution in [0.3, 0.4) is 0 Å². The van der Waals surface area contributed by atoms with Gasteiger partial charge in [0.1, 0.15) is 5.82 Å². The third-order valence-electron chi connectivity index (χ3n) is 3.24. The van der Waals surface area contributed by atoms with E-state index >= 15 is 0 Å². The van der Waals surface area contributed by atoms with Crippen molar-refractivity contribution in [1.82, 2.24) is 15.3 Å². The zero-order valence-corrected chi connectivity index (χ0v) is 12.6. The van der Waals surface area contributed by atoms with Crippen molar-refractivity contribution in [3.8, 4) is 0 Å². The van der Waals surface area contributed by atoms with Crippen LogP contribution in [0.1, 0.15) is 41.7 Å². The average Bonchev–Trinajstić information content (AvgIpc) is 2.88. The van der Waals surface area contributed by atoms with E-state index < -0.39 is 6.10 Å². The van der Waals surface area contributed by atoms with Crippen molar-refractivity contribution >= 4 is 11.3 Å². The number of nitrogens with zero attached hydrogens (tertiary/aromatic N) is 1. The fourth-order valence-electron chi connectivity index (χ4n) is 2.22. The van der Waals surface area contributed by atoms with Crippen molar-refractivity contribution in [3.05, 3.63) is 49.8 Å². The maximum absolute atomic E-state index is 12.0. The topological polar surface area (TPSA) is 78.0 Å². The Morgan fingerprint density at radius 3 is 2.85 bits per heavy atom. The van der Waals surface area contributed by atoms with Crippen LogP contribution in [0, 0.1) is 13.8 Å². The van der Waals surface area contributed by atoms with Gasteiger partial charge in [-0.2, -0.15) is 11.3 Å². The zero-order valence-electron chi connectivity index (χ0n) is 11.8. The molecule has 0 fully saturated rings. The third-order valence-corrected chi connectivity index (χ3v) is 3.94. The van der Waals surface area contributed by atoms with Crippen molar-refractivity contribution < 1.29 is 5.11 Å². The van der Waals surface area contributed by atoms with E-state index in [1.807, 2.05) is 30.7 Å². The molecule has 2 rings (SSSR count). The summed E-state index contributed by atoms with van der Waals surface area (Å²) in [6, 6.07) is 1.73. The lowest BCUT2D eigenvalue weighted by molar-refractivity contribution is 0.171. The van der Waals surface area contributed by atoms with Crippen LogP contribution >= 0.6 is 11.3 Å². The molecule has 2 atom stereocenters. The van der Waals surface area contributed by atoms with Gasteiger partial charge in [-0.15, -0.1) is 0 Å². The monoisotopic (exact) mass is 293 g/mol. The van der Waals surface area contributed by atoms with E-state index in [0.717, 1.165) is 11.3 Å². The second kappa shape index (κ2) is 6.30. The SMILES string of the molecule is Cc1nc(C)c(C(C)NCC(O)c2ccsc2)c(=O)[nH]1. The van der Waals surface area contributed by atoms with Crippen molar-refractivity contribution in [2.75, 3.05) is 6.54 Å². The van der Waals surface area contributed by atoms with Crippen LogP contribution in [0.2, 0.25) is 0 Å². The quantitative estimate of drug-likeness (QED) is 0.786. The Hall–Kier alpha value is -1.50. The summed E-state index contributed by atoms with van der Waals surface area (Å²) in [6.45, 7) is 5.88. The third kappa shape index (κ3) is 3.33. The predicted molar refractivity (Wildman–Crippen MR) is 80.0 cm³/mol. The number of aliphatic hydroxyl groups is 1. The van der Waals surface area contributed by atoms with Gasteiger partial charge < -0.3 is 15.4 Å². The molecular formula is C14H19N3O2S. The van der Waals surface area contributed by atoms with Crippen LogP contribution in [-0.4, -0.2) is 21.6 Å². The molecule has 2 aromatic heterocycles. The lowest BCUT2D eigenvalue weighted by atomic mass is 10.1. The first-order chi connectivity index (χ1) is 9.49. The number of hydrogen-bond acceptors (Lipinski definition) is 5. The minimum Gasteiger partial charge on any atom is -0.387 e. The summed E-state index contributed by atoms with van der Waals surface area (Å²) in [6.07, 6.45) is -0.568. The number of aromatic nitrogens is 2. The Bertz CT molecular complexity index is 622. The molecule has 0 aliphatic carbocycles. The molecule has 0 saturated heterocycles. The minimum absolute atomic E-state index is 0.125. The van der Waals surface area contributed by atoms with E-state index in [2.05, 4.69) is 15.3 Å². The van der Waals surface area contributed by atoms with Gasteiger partial charge in [0, 0.05) is 18.3 Å². The van der Waals surface area contributed by atoms with Crippen molar-refractivity contribution in [3.63, 3.8) is 0 Å². The molecule has 3 N–H and O–H groups in total. The van der Waals surface area contributed by atoms with E-state index in [-0.39, 0.29) is 11.6 Å². The van der Waals surface area contributed by atoms with Gasteiger partial charge in [0.05, 0.1) is 11.7 Å². The fourth-order valence-corrected chi connectivity index (χ4v) is 2.93. The maximum Gasteiger partial charge on any atom is 0.255 e. The van der Waals surface area contributed by atoms with Crippen molar-refractivity contribution in [2.24, 2.45) is 0 Å². The summed E-state index contributed by atoms with van der Waals surface area (Å²) in [5.74, 6) is 0.613. The molecule has 2 heterocycles. The fraction of sp³-hybridized carbons (Fsp3) is 0.429. The number of hydrogen-bond donors (Lipinski definition) is 3. The highest BCUT2D eigenvalue weighted by Crippen LogP contribution is 2.17. The summed E-state index contributed by atoms with van der Waals surface area (Å²) in [4.78, 5) is 19.0. The van der Waals surface area contributed by atoms with Crippen LogP contribution in [0.5, 0.6) is 0 Å². The molecule has 0 aromatic carbocycles. The lowest BCUT2D eigenvalue weighted by Crippen LogP contribution is -2.30. The zero-order chi connectivity index (χ0) is 14.7. The van der Waals surface area contributed by atoms with Crippen molar-refractivity contribution in [2.45, 2.75) is 32.9 Å². The van der Waals surface area contributed by atoms with E-state index in [0.29, 0.717) is 17.9 Å². The molecule has 2 unspecified atom stereocenters. The van der Waals surface area contributed by atoms with Crippen LogP contribution in [0.15, 0.2) is 21.6 Å². The Balaban J connectivity index is 2.06. The van der Waals surface area contributed by atoms with Gasteiger partial charge in [0.25, 0.3) is 5.56 Å². The number of nitrogens with one attached hydrogen (secondary N) is 2. The van der Waals surface area contributed by atoms with Crippen LogP contribution in [0.25, 0.3) is 0 Å². The maximum atomic E-state index is 12.0. The Morgan fingerprint density at radius 2 is 2.25 bits per heavy atom. The average molecular weight is 293 g/mol. The van der Waals surface area contributed by atoms with Gasteiger partial charge in [-0.3, -0.25) is 4.79 Å². The standard InChI is InChI=1S/C14H19N3O2S/c1-8(13-9(2)16-10(3)17-14(13)19)15-6-12(18)11-4-5-20-7-11/h4-5,7-8,12,15,18H,6H2,1-3H3,(H,16,17,19). The molecule has 0 radical (unpaired) electrons. The molecule has 0 amide bonds. The van der Waals surface area contributed by atoms with Crippen molar-refractivity contribution in [1.29, 1.82) is 0 Å². The first kappa shape index (κ1) is 14.9. The number of rotatable bonds is 5. The molecule has 20 heavy (non-hydrogen) atoms. The number of aliphatic hydroxyl groups excluding tert-OH is 1.